The Morgan fingerprint density at radius 2 is 2.24 bits per heavy atom. The minimum atomic E-state index is -0.0698. The van der Waals surface area contributed by atoms with Crippen molar-refractivity contribution in [1.29, 1.82) is 0 Å². The Kier molecular flexibility index (Phi) is 7.81. The van der Waals surface area contributed by atoms with Crippen molar-refractivity contribution in [2.75, 3.05) is 40.0 Å². The molecule has 1 heterocycles. The first-order valence-electron chi connectivity index (χ1n) is 8.63. The Bertz CT molecular complexity index is 562. The van der Waals surface area contributed by atoms with Gasteiger partial charge in [-0.25, -0.2) is 0 Å². The summed E-state index contributed by atoms with van der Waals surface area (Å²) in [6, 6.07) is 7.43. The zero-order valence-corrected chi connectivity index (χ0v) is 15.7. The van der Waals surface area contributed by atoms with Crippen LogP contribution in [0.1, 0.15) is 19.8 Å². The van der Waals surface area contributed by atoms with Gasteiger partial charge in [0.2, 0.25) is 0 Å². The minimum absolute atomic E-state index is 0.0218. The van der Waals surface area contributed by atoms with Crippen molar-refractivity contribution in [2.24, 2.45) is 10.4 Å². The van der Waals surface area contributed by atoms with E-state index in [9.17, 15) is 5.11 Å². The number of rotatable bonds is 8. The third-order valence-electron chi connectivity index (χ3n) is 4.40. The van der Waals surface area contributed by atoms with Crippen LogP contribution in [0.2, 0.25) is 5.02 Å². The average Bonchev–Trinajstić information content (AvgIpc) is 3.06. The lowest BCUT2D eigenvalue weighted by Gasteiger charge is -2.28. The van der Waals surface area contributed by atoms with Crippen LogP contribution in [-0.4, -0.2) is 57.1 Å². The normalized spacial score (nSPS) is 21.8. The third kappa shape index (κ3) is 6.06. The standard InChI is InChI=1S/C18H28ClN3O3/c1-14(25-16-6-4-3-5-15(16)19)11-21-17(20-2)22-12-18(7-9-23)8-10-24-13-18/h3-6,14,23H,7-13H2,1-2H3,(H2,20,21,22). The van der Waals surface area contributed by atoms with Gasteiger partial charge in [-0.2, -0.15) is 0 Å². The van der Waals surface area contributed by atoms with Gasteiger partial charge in [-0.1, -0.05) is 23.7 Å². The number of benzene rings is 1. The number of ether oxygens (including phenoxy) is 2. The lowest BCUT2D eigenvalue weighted by Crippen LogP contribution is -2.46. The van der Waals surface area contributed by atoms with Gasteiger partial charge in [-0.05, 0) is 31.9 Å². The van der Waals surface area contributed by atoms with E-state index in [1.807, 2.05) is 31.2 Å². The van der Waals surface area contributed by atoms with E-state index < -0.39 is 0 Å². The monoisotopic (exact) mass is 369 g/mol. The van der Waals surface area contributed by atoms with Crippen LogP contribution in [0.4, 0.5) is 0 Å². The smallest absolute Gasteiger partial charge is 0.191 e. The molecule has 0 aromatic heterocycles. The van der Waals surface area contributed by atoms with Crippen molar-refractivity contribution in [3.05, 3.63) is 29.3 Å². The lowest BCUT2D eigenvalue weighted by atomic mass is 9.84. The Balaban J connectivity index is 1.79. The molecule has 2 atom stereocenters. The highest BCUT2D eigenvalue weighted by Gasteiger charge is 2.34. The topological polar surface area (TPSA) is 75.1 Å². The summed E-state index contributed by atoms with van der Waals surface area (Å²) in [5, 5.41) is 16.5. The Morgan fingerprint density at radius 3 is 2.88 bits per heavy atom. The first kappa shape index (κ1) is 19.8. The van der Waals surface area contributed by atoms with Crippen LogP contribution in [0.3, 0.4) is 0 Å². The molecule has 1 aliphatic rings. The summed E-state index contributed by atoms with van der Waals surface area (Å²) >= 11 is 6.11. The highest BCUT2D eigenvalue weighted by atomic mass is 35.5. The van der Waals surface area contributed by atoms with Crippen molar-refractivity contribution < 1.29 is 14.6 Å². The summed E-state index contributed by atoms with van der Waals surface area (Å²) in [5.41, 5.74) is -0.0218. The van der Waals surface area contributed by atoms with E-state index in [0.29, 0.717) is 36.4 Å². The van der Waals surface area contributed by atoms with Crippen molar-refractivity contribution >= 4 is 17.6 Å². The molecule has 0 saturated carbocycles. The zero-order chi connectivity index (χ0) is 18.1. The van der Waals surface area contributed by atoms with E-state index in [1.165, 1.54) is 0 Å². The zero-order valence-electron chi connectivity index (χ0n) is 14.9. The molecular formula is C18H28ClN3O3. The molecule has 1 fully saturated rings. The van der Waals surface area contributed by atoms with Gasteiger partial charge in [-0.3, -0.25) is 4.99 Å². The van der Waals surface area contributed by atoms with Gasteiger partial charge in [-0.15, -0.1) is 0 Å². The molecule has 0 bridgehead atoms. The fraction of sp³-hybridized carbons (Fsp3) is 0.611. The highest BCUT2D eigenvalue weighted by molar-refractivity contribution is 6.32. The average molecular weight is 370 g/mol. The van der Waals surface area contributed by atoms with Gasteiger partial charge >= 0.3 is 0 Å². The number of halogens is 1. The van der Waals surface area contributed by atoms with Gasteiger partial charge in [0.1, 0.15) is 11.9 Å². The second-order valence-electron chi connectivity index (χ2n) is 6.44. The van der Waals surface area contributed by atoms with Crippen molar-refractivity contribution in [2.45, 2.75) is 25.9 Å². The Morgan fingerprint density at radius 1 is 1.44 bits per heavy atom. The lowest BCUT2D eigenvalue weighted by molar-refractivity contribution is 0.127. The quantitative estimate of drug-likeness (QED) is 0.483. The van der Waals surface area contributed by atoms with Crippen LogP contribution >= 0.6 is 11.6 Å². The second-order valence-corrected chi connectivity index (χ2v) is 6.85. The van der Waals surface area contributed by atoms with Crippen LogP contribution < -0.4 is 15.4 Å². The summed E-state index contributed by atoms with van der Waals surface area (Å²) < 4.78 is 11.4. The summed E-state index contributed by atoms with van der Waals surface area (Å²) in [5.74, 6) is 1.38. The molecule has 140 valence electrons. The molecule has 0 amide bonds. The summed E-state index contributed by atoms with van der Waals surface area (Å²) in [6.45, 7) is 4.86. The van der Waals surface area contributed by atoms with E-state index in [-0.39, 0.29) is 18.1 Å². The largest absolute Gasteiger partial charge is 0.487 e. The number of guanidine groups is 1. The third-order valence-corrected chi connectivity index (χ3v) is 4.72. The highest BCUT2D eigenvalue weighted by Crippen LogP contribution is 2.31. The van der Waals surface area contributed by atoms with Crippen molar-refractivity contribution in [3.63, 3.8) is 0 Å². The summed E-state index contributed by atoms with van der Waals surface area (Å²) in [4.78, 5) is 4.25. The fourth-order valence-corrected chi connectivity index (χ4v) is 3.02. The number of aliphatic hydroxyl groups is 1. The molecule has 25 heavy (non-hydrogen) atoms. The van der Waals surface area contributed by atoms with E-state index in [1.54, 1.807) is 7.05 Å². The number of aliphatic imine (C=N–C) groups is 1. The number of aliphatic hydroxyl groups excluding tert-OH is 1. The van der Waals surface area contributed by atoms with Crippen molar-refractivity contribution in [3.8, 4) is 5.75 Å². The predicted octanol–water partition coefficient (Wildman–Crippen LogP) is 2.06. The van der Waals surface area contributed by atoms with Crippen LogP contribution in [0.5, 0.6) is 5.75 Å². The summed E-state index contributed by atoms with van der Waals surface area (Å²) in [6.07, 6.45) is 1.60. The second kappa shape index (κ2) is 9.85. The SMILES string of the molecule is CN=C(NCC(C)Oc1ccccc1Cl)NCC1(CCO)CCOC1. The van der Waals surface area contributed by atoms with Gasteiger partial charge in [0.15, 0.2) is 5.96 Å². The molecule has 7 heteroatoms. The fourth-order valence-electron chi connectivity index (χ4n) is 2.84. The molecular weight excluding hydrogens is 342 g/mol. The number of hydrogen-bond donors (Lipinski definition) is 3. The molecule has 2 rings (SSSR count). The van der Waals surface area contributed by atoms with Crippen molar-refractivity contribution in [1.82, 2.24) is 10.6 Å². The molecule has 3 N–H and O–H groups in total. The van der Waals surface area contributed by atoms with Gasteiger partial charge in [0, 0.05) is 32.2 Å². The van der Waals surface area contributed by atoms with E-state index >= 15 is 0 Å². The Hall–Kier alpha value is -1.50. The maximum Gasteiger partial charge on any atom is 0.191 e. The van der Waals surface area contributed by atoms with Crippen LogP contribution in [0, 0.1) is 5.41 Å². The number of para-hydroxylation sites is 1. The van der Waals surface area contributed by atoms with Crippen LogP contribution in [0.15, 0.2) is 29.3 Å². The van der Waals surface area contributed by atoms with E-state index in [2.05, 4.69) is 15.6 Å². The first-order chi connectivity index (χ1) is 12.1. The maximum atomic E-state index is 9.30. The maximum absolute atomic E-state index is 9.30. The Labute approximate surface area is 154 Å². The van der Waals surface area contributed by atoms with Crippen LogP contribution in [-0.2, 0) is 4.74 Å². The molecule has 0 radical (unpaired) electrons. The first-order valence-corrected chi connectivity index (χ1v) is 9.01. The van der Waals surface area contributed by atoms with Gasteiger partial charge in [0.05, 0.1) is 18.2 Å². The number of nitrogens with one attached hydrogen (secondary N) is 2. The van der Waals surface area contributed by atoms with Crippen LogP contribution in [0.25, 0.3) is 0 Å². The molecule has 2 unspecified atom stereocenters. The molecule has 0 aliphatic carbocycles. The number of hydrogen-bond acceptors (Lipinski definition) is 4. The molecule has 0 spiro atoms. The minimum Gasteiger partial charge on any atom is -0.487 e. The molecule has 1 saturated heterocycles. The van der Waals surface area contributed by atoms with E-state index in [0.717, 1.165) is 19.4 Å². The molecule has 1 aromatic carbocycles. The van der Waals surface area contributed by atoms with Gasteiger partial charge < -0.3 is 25.2 Å². The molecule has 1 aliphatic heterocycles. The summed E-state index contributed by atoms with van der Waals surface area (Å²) in [7, 11) is 1.73. The number of nitrogens with zero attached hydrogens (tertiary/aromatic N) is 1. The van der Waals surface area contributed by atoms with E-state index in [4.69, 9.17) is 21.1 Å². The van der Waals surface area contributed by atoms with Gasteiger partial charge in [0.25, 0.3) is 0 Å². The predicted molar refractivity (Wildman–Crippen MR) is 100 cm³/mol. The molecule has 1 aromatic rings. The molecule has 6 nitrogen and oxygen atoms in total.